The molecular weight excluding hydrogens is 329 g/mol. The van der Waals surface area contributed by atoms with Crippen molar-refractivity contribution >= 4 is 5.91 Å². The number of para-hydroxylation sites is 1. The van der Waals surface area contributed by atoms with Crippen molar-refractivity contribution in [2.45, 2.75) is 44.6 Å². The fourth-order valence-electron chi connectivity index (χ4n) is 4.01. The number of halogens is 1. The van der Waals surface area contributed by atoms with Crippen LogP contribution in [0.5, 0.6) is 5.75 Å². The first-order valence-corrected chi connectivity index (χ1v) is 9.29. The van der Waals surface area contributed by atoms with E-state index in [0.717, 1.165) is 42.6 Å². The summed E-state index contributed by atoms with van der Waals surface area (Å²) in [6.45, 7) is 3.01. The number of hydrogen-bond donors (Lipinski definition) is 0. The highest BCUT2D eigenvalue weighted by Gasteiger charge is 2.44. The Bertz CT molecular complexity index is 768. The molecule has 0 aliphatic heterocycles. The number of benzene rings is 2. The number of nitrogens with zero attached hydrogens (tertiary/aromatic N) is 1. The first-order valence-electron chi connectivity index (χ1n) is 9.29. The lowest BCUT2D eigenvalue weighted by Crippen LogP contribution is -2.43. The molecule has 26 heavy (non-hydrogen) atoms. The Morgan fingerprint density at radius 3 is 2.58 bits per heavy atom. The van der Waals surface area contributed by atoms with Gasteiger partial charge in [0, 0.05) is 19.2 Å². The first-order chi connectivity index (χ1) is 12.6. The van der Waals surface area contributed by atoms with Crippen molar-refractivity contribution in [3.63, 3.8) is 0 Å². The third kappa shape index (κ3) is 3.59. The minimum absolute atomic E-state index is 0.0619. The number of carbonyl (C=O) groups excluding carboxylic acids is 1. The maximum Gasteiger partial charge on any atom is 0.233 e. The second kappa shape index (κ2) is 7.90. The molecule has 1 amide bonds. The Morgan fingerprint density at radius 1 is 1.15 bits per heavy atom. The molecule has 1 aliphatic rings. The van der Waals surface area contributed by atoms with Crippen LogP contribution in [0.2, 0.25) is 0 Å². The zero-order valence-electron chi connectivity index (χ0n) is 15.5. The van der Waals surface area contributed by atoms with Gasteiger partial charge in [-0.15, -0.1) is 0 Å². The second-order valence-electron chi connectivity index (χ2n) is 7.00. The van der Waals surface area contributed by atoms with Crippen molar-refractivity contribution in [1.29, 1.82) is 0 Å². The van der Waals surface area contributed by atoms with Crippen molar-refractivity contribution in [2.75, 3.05) is 13.7 Å². The van der Waals surface area contributed by atoms with Crippen LogP contribution in [0, 0.1) is 5.82 Å². The van der Waals surface area contributed by atoms with Gasteiger partial charge in [0.25, 0.3) is 0 Å². The molecule has 1 saturated carbocycles. The highest BCUT2D eigenvalue weighted by atomic mass is 19.1. The zero-order chi connectivity index (χ0) is 18.6. The summed E-state index contributed by atoms with van der Waals surface area (Å²) in [5.41, 5.74) is 1.17. The molecule has 1 aliphatic carbocycles. The topological polar surface area (TPSA) is 29.5 Å². The molecular formula is C22H26FNO2. The second-order valence-corrected chi connectivity index (χ2v) is 7.00. The monoisotopic (exact) mass is 355 g/mol. The lowest BCUT2D eigenvalue weighted by molar-refractivity contribution is -0.136. The van der Waals surface area contributed by atoms with E-state index >= 15 is 0 Å². The highest BCUT2D eigenvalue weighted by Crippen LogP contribution is 2.43. The standard InChI is InChI=1S/C22H26FNO2/c1-3-26-20-12-5-4-9-17(20)16-24(2)21(25)22(13-6-7-14-22)18-10-8-11-19(23)15-18/h4-5,8-12,15H,3,6-7,13-14,16H2,1-2H3. The minimum Gasteiger partial charge on any atom is -0.494 e. The molecule has 3 rings (SSSR count). The average molecular weight is 355 g/mol. The molecule has 0 bridgehead atoms. The molecule has 0 atom stereocenters. The van der Waals surface area contributed by atoms with Crippen LogP contribution in [-0.4, -0.2) is 24.5 Å². The average Bonchev–Trinajstić information content (AvgIpc) is 3.14. The Morgan fingerprint density at radius 2 is 1.88 bits per heavy atom. The number of amides is 1. The van der Waals surface area contributed by atoms with Crippen LogP contribution in [0.4, 0.5) is 4.39 Å². The molecule has 138 valence electrons. The predicted molar refractivity (Wildman–Crippen MR) is 101 cm³/mol. The van der Waals surface area contributed by atoms with E-state index in [2.05, 4.69) is 0 Å². The summed E-state index contributed by atoms with van der Waals surface area (Å²) in [7, 11) is 1.82. The van der Waals surface area contributed by atoms with Crippen molar-refractivity contribution in [3.8, 4) is 5.75 Å². The quantitative estimate of drug-likeness (QED) is 0.752. The third-order valence-electron chi connectivity index (χ3n) is 5.27. The smallest absolute Gasteiger partial charge is 0.233 e. The van der Waals surface area contributed by atoms with E-state index in [1.54, 1.807) is 11.0 Å². The molecule has 0 unspecified atom stereocenters. The number of likely N-dealkylation sites (N-methyl/N-ethyl adjacent to an activating group) is 1. The van der Waals surface area contributed by atoms with Gasteiger partial charge in [0.05, 0.1) is 12.0 Å². The third-order valence-corrected chi connectivity index (χ3v) is 5.27. The van der Waals surface area contributed by atoms with Gasteiger partial charge in [-0.2, -0.15) is 0 Å². The van der Waals surface area contributed by atoms with Gasteiger partial charge in [-0.3, -0.25) is 4.79 Å². The van der Waals surface area contributed by atoms with Crippen molar-refractivity contribution in [3.05, 3.63) is 65.5 Å². The number of rotatable bonds is 6. The summed E-state index contributed by atoms with van der Waals surface area (Å²) in [5, 5.41) is 0. The predicted octanol–water partition coefficient (Wildman–Crippen LogP) is 4.69. The summed E-state index contributed by atoms with van der Waals surface area (Å²) >= 11 is 0. The van der Waals surface area contributed by atoms with Crippen LogP contribution in [0.3, 0.4) is 0 Å². The Kier molecular flexibility index (Phi) is 5.60. The zero-order valence-corrected chi connectivity index (χ0v) is 15.5. The summed E-state index contributed by atoms with van der Waals surface area (Å²) < 4.78 is 19.5. The van der Waals surface area contributed by atoms with Gasteiger partial charge in [0.15, 0.2) is 0 Å². The van der Waals surface area contributed by atoms with E-state index in [1.807, 2.05) is 44.3 Å². The van der Waals surface area contributed by atoms with E-state index < -0.39 is 5.41 Å². The van der Waals surface area contributed by atoms with E-state index in [9.17, 15) is 9.18 Å². The lowest BCUT2D eigenvalue weighted by atomic mass is 9.77. The SMILES string of the molecule is CCOc1ccccc1CN(C)C(=O)C1(c2cccc(F)c2)CCCC1. The number of hydrogen-bond acceptors (Lipinski definition) is 2. The molecule has 0 radical (unpaired) electrons. The van der Waals surface area contributed by atoms with Crippen LogP contribution in [0.15, 0.2) is 48.5 Å². The molecule has 1 fully saturated rings. The molecule has 0 N–H and O–H groups in total. The van der Waals surface area contributed by atoms with Crippen LogP contribution in [0.25, 0.3) is 0 Å². The molecule has 0 spiro atoms. The highest BCUT2D eigenvalue weighted by molar-refractivity contribution is 5.88. The molecule has 3 nitrogen and oxygen atoms in total. The van der Waals surface area contributed by atoms with Crippen LogP contribution >= 0.6 is 0 Å². The maximum atomic E-state index is 13.8. The molecule has 4 heteroatoms. The van der Waals surface area contributed by atoms with Crippen LogP contribution in [-0.2, 0) is 16.8 Å². The minimum atomic E-state index is -0.614. The number of ether oxygens (including phenoxy) is 1. The summed E-state index contributed by atoms with van der Waals surface area (Å²) in [4.78, 5) is 15.2. The Balaban J connectivity index is 1.86. The molecule has 2 aromatic carbocycles. The summed E-state index contributed by atoms with van der Waals surface area (Å²) in [6.07, 6.45) is 3.52. The van der Waals surface area contributed by atoms with E-state index in [0.29, 0.717) is 13.2 Å². The van der Waals surface area contributed by atoms with Gasteiger partial charge in [-0.25, -0.2) is 4.39 Å². The van der Waals surface area contributed by atoms with Gasteiger partial charge in [0.1, 0.15) is 11.6 Å². The molecule has 0 aromatic heterocycles. The first kappa shape index (κ1) is 18.4. The van der Waals surface area contributed by atoms with Gasteiger partial charge in [-0.05, 0) is 43.5 Å². The van der Waals surface area contributed by atoms with Crippen LogP contribution < -0.4 is 4.74 Å². The van der Waals surface area contributed by atoms with Crippen molar-refractivity contribution in [1.82, 2.24) is 4.90 Å². The van der Waals surface area contributed by atoms with Crippen molar-refractivity contribution < 1.29 is 13.9 Å². The summed E-state index contributed by atoms with van der Waals surface area (Å²) in [6, 6.07) is 14.3. The molecule has 0 saturated heterocycles. The van der Waals surface area contributed by atoms with E-state index in [1.165, 1.54) is 12.1 Å². The van der Waals surface area contributed by atoms with E-state index in [-0.39, 0.29) is 11.7 Å². The fourth-order valence-corrected chi connectivity index (χ4v) is 4.01. The lowest BCUT2D eigenvalue weighted by Gasteiger charge is -2.33. The fraction of sp³-hybridized carbons (Fsp3) is 0.409. The van der Waals surface area contributed by atoms with Gasteiger partial charge < -0.3 is 9.64 Å². The van der Waals surface area contributed by atoms with Crippen molar-refractivity contribution in [2.24, 2.45) is 0 Å². The van der Waals surface area contributed by atoms with Gasteiger partial charge >= 0.3 is 0 Å². The normalized spacial score (nSPS) is 15.7. The van der Waals surface area contributed by atoms with E-state index in [4.69, 9.17) is 4.74 Å². The Labute approximate surface area is 154 Å². The van der Waals surface area contributed by atoms with Gasteiger partial charge in [-0.1, -0.05) is 43.2 Å². The molecule has 2 aromatic rings. The number of carbonyl (C=O) groups is 1. The Hall–Kier alpha value is -2.36. The van der Waals surface area contributed by atoms with Crippen LogP contribution in [0.1, 0.15) is 43.7 Å². The maximum absolute atomic E-state index is 13.8. The summed E-state index contributed by atoms with van der Waals surface area (Å²) in [5.74, 6) is 0.582. The van der Waals surface area contributed by atoms with Gasteiger partial charge in [0.2, 0.25) is 5.91 Å². The molecule has 0 heterocycles. The largest absolute Gasteiger partial charge is 0.494 e.